The smallest absolute Gasteiger partial charge is 0.255 e. The summed E-state index contributed by atoms with van der Waals surface area (Å²) in [6, 6.07) is 3.51. The van der Waals surface area contributed by atoms with E-state index in [0.29, 0.717) is 44.0 Å². The molecule has 0 unspecified atom stereocenters. The molecule has 2 heterocycles. The molecule has 3 fully saturated rings. The standard InChI is InChI=1S/C22H31N3O4S/c1-21(2)18-5-8-22(21,19(26)12-18)15-30(28,29)24-13-16-6-10-25(11-7-16)20(27)17-4-3-9-23-14-17/h3-4,9,14,16,18,24H,5-8,10-13,15H2,1-2H3/t18-,22+/m0/s1. The molecule has 7 nitrogen and oxygen atoms in total. The molecule has 1 aliphatic heterocycles. The lowest BCUT2D eigenvalue weighted by Gasteiger charge is -2.36. The van der Waals surface area contributed by atoms with Gasteiger partial charge in [0.15, 0.2) is 0 Å². The van der Waals surface area contributed by atoms with Crippen LogP contribution >= 0.6 is 0 Å². The number of aromatic nitrogens is 1. The van der Waals surface area contributed by atoms with Crippen molar-refractivity contribution in [3.8, 4) is 0 Å². The molecular weight excluding hydrogens is 402 g/mol. The maximum atomic E-state index is 12.9. The van der Waals surface area contributed by atoms with Gasteiger partial charge < -0.3 is 4.90 Å². The predicted molar refractivity (Wildman–Crippen MR) is 113 cm³/mol. The molecule has 8 heteroatoms. The van der Waals surface area contributed by atoms with E-state index in [9.17, 15) is 18.0 Å². The van der Waals surface area contributed by atoms with Gasteiger partial charge in [0.1, 0.15) is 5.78 Å². The first-order valence-corrected chi connectivity index (χ1v) is 12.5. The average Bonchev–Trinajstić information content (AvgIpc) is 3.07. The minimum absolute atomic E-state index is 0.0287. The molecule has 2 saturated carbocycles. The summed E-state index contributed by atoms with van der Waals surface area (Å²) >= 11 is 0. The third kappa shape index (κ3) is 3.68. The number of fused-ring (bicyclic) bond motifs is 2. The van der Waals surface area contributed by atoms with Gasteiger partial charge in [-0.05, 0) is 55.1 Å². The van der Waals surface area contributed by atoms with Gasteiger partial charge in [-0.3, -0.25) is 14.6 Å². The number of pyridine rings is 1. The summed E-state index contributed by atoms with van der Waals surface area (Å²) in [4.78, 5) is 31.0. The number of Topliss-reactive ketones (excluding diaryl/α,β-unsaturated/α-hetero) is 1. The van der Waals surface area contributed by atoms with Crippen molar-refractivity contribution in [2.24, 2.45) is 22.7 Å². The number of nitrogens with zero attached hydrogens (tertiary/aromatic N) is 2. The lowest BCUT2D eigenvalue weighted by molar-refractivity contribution is -0.128. The molecule has 0 spiro atoms. The average molecular weight is 434 g/mol. The highest BCUT2D eigenvalue weighted by Crippen LogP contribution is 2.64. The highest BCUT2D eigenvalue weighted by atomic mass is 32.2. The largest absolute Gasteiger partial charge is 0.339 e. The van der Waals surface area contributed by atoms with Crippen molar-refractivity contribution in [2.75, 3.05) is 25.4 Å². The molecule has 1 saturated heterocycles. The van der Waals surface area contributed by atoms with Crippen LogP contribution in [0.4, 0.5) is 0 Å². The molecule has 0 aromatic carbocycles. The van der Waals surface area contributed by atoms with E-state index in [-0.39, 0.29) is 28.8 Å². The summed E-state index contributed by atoms with van der Waals surface area (Å²) < 4.78 is 28.5. The Hall–Kier alpha value is -1.80. The Bertz CT molecular complexity index is 923. The van der Waals surface area contributed by atoms with Gasteiger partial charge in [0.05, 0.1) is 11.3 Å². The molecule has 30 heavy (non-hydrogen) atoms. The Labute approximate surface area is 178 Å². The van der Waals surface area contributed by atoms with E-state index in [1.165, 1.54) is 0 Å². The number of likely N-dealkylation sites (tertiary alicyclic amines) is 1. The lowest BCUT2D eigenvalue weighted by atomic mass is 9.70. The van der Waals surface area contributed by atoms with Crippen LogP contribution in [0.25, 0.3) is 0 Å². The molecule has 2 bridgehead atoms. The Kier molecular flexibility index (Phi) is 5.51. The van der Waals surface area contributed by atoms with E-state index >= 15 is 0 Å². The number of ketones is 1. The van der Waals surface area contributed by atoms with Crippen LogP contribution in [0.1, 0.15) is 56.3 Å². The van der Waals surface area contributed by atoms with Gasteiger partial charge in [-0.15, -0.1) is 0 Å². The lowest BCUT2D eigenvalue weighted by Crippen LogP contribution is -2.47. The van der Waals surface area contributed by atoms with Crippen LogP contribution in [0, 0.1) is 22.7 Å². The second kappa shape index (κ2) is 7.71. The first-order valence-electron chi connectivity index (χ1n) is 10.8. The quantitative estimate of drug-likeness (QED) is 0.742. The summed E-state index contributed by atoms with van der Waals surface area (Å²) in [6.45, 7) is 5.69. The van der Waals surface area contributed by atoms with Crippen molar-refractivity contribution in [1.29, 1.82) is 0 Å². The number of hydrogen-bond acceptors (Lipinski definition) is 5. The molecule has 164 valence electrons. The van der Waals surface area contributed by atoms with E-state index in [0.717, 1.165) is 19.3 Å². The van der Waals surface area contributed by atoms with Crippen LogP contribution in [0.5, 0.6) is 0 Å². The molecule has 1 aromatic rings. The Morgan fingerprint density at radius 1 is 1.27 bits per heavy atom. The fourth-order valence-electron chi connectivity index (χ4n) is 5.74. The van der Waals surface area contributed by atoms with Crippen LogP contribution in [0.2, 0.25) is 0 Å². The van der Waals surface area contributed by atoms with Gasteiger partial charge in [-0.25, -0.2) is 13.1 Å². The second-order valence-electron chi connectivity index (χ2n) is 9.75. The van der Waals surface area contributed by atoms with Crippen LogP contribution in [0.15, 0.2) is 24.5 Å². The van der Waals surface area contributed by atoms with Crippen LogP contribution in [-0.4, -0.2) is 55.4 Å². The minimum Gasteiger partial charge on any atom is -0.339 e. The Balaban J connectivity index is 1.30. The van der Waals surface area contributed by atoms with E-state index < -0.39 is 15.4 Å². The number of hydrogen-bond donors (Lipinski definition) is 1. The van der Waals surface area contributed by atoms with E-state index in [1.54, 1.807) is 29.4 Å². The fraction of sp³-hybridized carbons (Fsp3) is 0.682. The molecule has 2 aliphatic carbocycles. The third-order valence-corrected chi connectivity index (χ3v) is 9.46. The van der Waals surface area contributed by atoms with Crippen LogP contribution < -0.4 is 4.72 Å². The molecule has 1 amide bonds. The summed E-state index contributed by atoms with van der Waals surface area (Å²) in [7, 11) is -3.54. The third-order valence-electron chi connectivity index (χ3n) is 7.98. The van der Waals surface area contributed by atoms with E-state index in [2.05, 4.69) is 23.6 Å². The first kappa shape index (κ1) is 21.4. The monoisotopic (exact) mass is 433 g/mol. The van der Waals surface area contributed by atoms with Crippen molar-refractivity contribution < 1.29 is 18.0 Å². The van der Waals surface area contributed by atoms with E-state index in [4.69, 9.17) is 0 Å². The Morgan fingerprint density at radius 2 is 2.00 bits per heavy atom. The minimum atomic E-state index is -3.54. The number of amides is 1. The SMILES string of the molecule is CC1(C)[C@H]2CC[C@@]1(CS(=O)(=O)NCC1CCN(C(=O)c3cccnc3)CC1)C(=O)C2. The highest BCUT2D eigenvalue weighted by molar-refractivity contribution is 7.89. The zero-order valence-electron chi connectivity index (χ0n) is 17.8. The fourth-order valence-corrected chi connectivity index (χ4v) is 7.66. The zero-order valence-corrected chi connectivity index (χ0v) is 18.6. The van der Waals surface area contributed by atoms with E-state index in [1.807, 2.05) is 0 Å². The van der Waals surface area contributed by atoms with Gasteiger partial charge in [0.25, 0.3) is 5.91 Å². The highest BCUT2D eigenvalue weighted by Gasteiger charge is 2.65. The molecule has 4 rings (SSSR count). The van der Waals surface area contributed by atoms with Crippen molar-refractivity contribution in [2.45, 2.75) is 46.0 Å². The maximum Gasteiger partial charge on any atom is 0.255 e. The van der Waals surface area contributed by atoms with Crippen molar-refractivity contribution >= 4 is 21.7 Å². The van der Waals surface area contributed by atoms with Gasteiger partial charge in [-0.1, -0.05) is 13.8 Å². The molecule has 3 aliphatic rings. The first-order chi connectivity index (χ1) is 14.1. The molecule has 2 atom stereocenters. The summed E-state index contributed by atoms with van der Waals surface area (Å²) in [5.41, 5.74) is -0.408. The Morgan fingerprint density at radius 3 is 2.57 bits per heavy atom. The summed E-state index contributed by atoms with van der Waals surface area (Å²) in [5.74, 6) is 0.497. The number of nitrogens with one attached hydrogen (secondary N) is 1. The number of sulfonamides is 1. The maximum absolute atomic E-state index is 12.9. The summed E-state index contributed by atoms with van der Waals surface area (Å²) in [5, 5.41) is 0. The molecular formula is C22H31N3O4S. The number of carbonyl (C=O) groups is 2. The van der Waals surface area contributed by atoms with Crippen molar-refractivity contribution in [1.82, 2.24) is 14.6 Å². The number of carbonyl (C=O) groups excluding carboxylic acids is 2. The number of piperidine rings is 1. The van der Waals surface area contributed by atoms with Gasteiger partial charge in [-0.2, -0.15) is 0 Å². The van der Waals surface area contributed by atoms with Crippen LogP contribution in [0.3, 0.4) is 0 Å². The molecule has 1 aromatic heterocycles. The van der Waals surface area contributed by atoms with Gasteiger partial charge in [0.2, 0.25) is 10.0 Å². The van der Waals surface area contributed by atoms with Crippen molar-refractivity contribution in [3.63, 3.8) is 0 Å². The normalized spacial score (nSPS) is 28.8. The van der Waals surface area contributed by atoms with Crippen molar-refractivity contribution in [3.05, 3.63) is 30.1 Å². The summed E-state index contributed by atoms with van der Waals surface area (Å²) in [6.07, 6.45) is 6.86. The van der Waals surface area contributed by atoms with Gasteiger partial charge >= 0.3 is 0 Å². The number of rotatable bonds is 6. The van der Waals surface area contributed by atoms with Gasteiger partial charge in [0, 0.05) is 43.9 Å². The predicted octanol–water partition coefficient (Wildman–Crippen LogP) is 2.25. The second-order valence-corrected chi connectivity index (χ2v) is 11.6. The zero-order chi connectivity index (χ0) is 21.6. The molecule has 1 N–H and O–H groups in total. The topological polar surface area (TPSA) is 96.4 Å². The molecule has 0 radical (unpaired) electrons. The van der Waals surface area contributed by atoms with Crippen LogP contribution in [-0.2, 0) is 14.8 Å².